The van der Waals surface area contributed by atoms with Gasteiger partial charge in [0, 0.05) is 4.88 Å². The summed E-state index contributed by atoms with van der Waals surface area (Å²) in [4.78, 5) is 29.3. The molecule has 8 nitrogen and oxygen atoms in total. The number of nitrogens with zero attached hydrogens (tertiary/aromatic N) is 2. The van der Waals surface area contributed by atoms with Crippen LogP contribution in [0.4, 0.5) is 5.00 Å². The van der Waals surface area contributed by atoms with E-state index >= 15 is 0 Å². The van der Waals surface area contributed by atoms with Crippen LogP contribution in [0, 0.1) is 0 Å². The summed E-state index contributed by atoms with van der Waals surface area (Å²) in [7, 11) is 2.77. The number of hydrogen-bond acceptors (Lipinski definition) is 7. The summed E-state index contributed by atoms with van der Waals surface area (Å²) in [6, 6.07) is 10.2. The first-order chi connectivity index (χ1) is 14.0. The van der Waals surface area contributed by atoms with Gasteiger partial charge in [-0.25, -0.2) is 14.6 Å². The molecule has 1 N–H and O–H groups in total. The van der Waals surface area contributed by atoms with Gasteiger partial charge in [-0.2, -0.15) is 0 Å². The molecule has 0 aliphatic heterocycles. The van der Waals surface area contributed by atoms with Crippen molar-refractivity contribution in [2.24, 2.45) is 12.0 Å². The maximum Gasteiger partial charge on any atom is 0.435 e. The minimum Gasteiger partial charge on any atom is -0.854 e. The van der Waals surface area contributed by atoms with Crippen LogP contribution in [0.2, 0.25) is 0 Å². The van der Waals surface area contributed by atoms with Gasteiger partial charge >= 0.3 is 17.3 Å². The van der Waals surface area contributed by atoms with Gasteiger partial charge in [-0.05, 0) is 41.6 Å². The smallest absolute Gasteiger partial charge is 0.435 e. The first-order valence-corrected chi connectivity index (χ1v) is 9.92. The Morgan fingerprint density at radius 2 is 2.14 bits per heavy atom. The lowest BCUT2D eigenvalue weighted by Crippen LogP contribution is -2.43. The topological polar surface area (TPSA) is 112 Å². The maximum atomic E-state index is 12.6. The normalized spacial score (nSPS) is 16.5. The quantitative estimate of drug-likeness (QED) is 0.300. The number of methoxy groups -OCH3 is 1. The zero-order valence-corrected chi connectivity index (χ0v) is 16.7. The van der Waals surface area contributed by atoms with Gasteiger partial charge in [0.25, 0.3) is 0 Å². The first kappa shape index (κ1) is 19.1. The van der Waals surface area contributed by atoms with E-state index in [9.17, 15) is 14.7 Å². The summed E-state index contributed by atoms with van der Waals surface area (Å²) in [5.41, 5.74) is 1.39. The molecule has 2 aromatic heterocycles. The summed E-state index contributed by atoms with van der Waals surface area (Å²) in [6.07, 6.45) is 2.35. The molecular formula is C20H19N3O5S. The molecular weight excluding hydrogens is 394 g/mol. The predicted octanol–water partition coefficient (Wildman–Crippen LogP) is 1.35. The third kappa shape index (κ3) is 3.49. The second-order valence-electron chi connectivity index (χ2n) is 6.83. The second kappa shape index (κ2) is 7.67. The highest BCUT2D eigenvalue weighted by molar-refractivity contribution is 7.16. The van der Waals surface area contributed by atoms with Gasteiger partial charge in [0.1, 0.15) is 5.00 Å². The molecule has 29 heavy (non-hydrogen) atoms. The number of hydrogen-bond donors (Lipinski definition) is 1. The van der Waals surface area contributed by atoms with Gasteiger partial charge in [-0.3, -0.25) is 4.52 Å². The molecule has 0 amide bonds. The number of nitrogens with one attached hydrogen (secondary N) is 1. The van der Waals surface area contributed by atoms with Crippen LogP contribution in [0.25, 0.3) is 0 Å². The Labute approximate surface area is 170 Å². The van der Waals surface area contributed by atoms with E-state index in [0.29, 0.717) is 17.9 Å². The van der Waals surface area contributed by atoms with Crippen molar-refractivity contribution in [3.8, 4) is 0 Å². The van der Waals surface area contributed by atoms with E-state index in [2.05, 4.69) is 26.9 Å². The number of ether oxygens (including phenoxy) is 1. The molecule has 0 fully saturated rings. The van der Waals surface area contributed by atoms with Gasteiger partial charge < -0.3 is 9.84 Å². The number of esters is 1. The van der Waals surface area contributed by atoms with E-state index in [4.69, 9.17) is 4.74 Å². The van der Waals surface area contributed by atoms with Crippen LogP contribution in [0.1, 0.15) is 44.4 Å². The van der Waals surface area contributed by atoms with E-state index in [1.807, 2.05) is 18.2 Å². The molecule has 1 aliphatic carbocycles. The minimum atomic E-state index is -0.814. The fourth-order valence-corrected chi connectivity index (χ4v) is 4.97. The number of carbonyl (C=O) groups is 1. The highest BCUT2D eigenvalue weighted by atomic mass is 32.1. The van der Waals surface area contributed by atoms with Gasteiger partial charge in [0.15, 0.2) is 7.05 Å². The number of H-pyrrole nitrogens is 1. The number of benzene rings is 1. The largest absolute Gasteiger partial charge is 0.854 e. The number of carbonyl (C=O) groups excluding carboxylic acids is 1. The zero-order chi connectivity index (χ0) is 20.5. The molecule has 2 heterocycles. The molecule has 0 saturated heterocycles. The van der Waals surface area contributed by atoms with E-state index in [-0.39, 0.29) is 10.7 Å². The van der Waals surface area contributed by atoms with Gasteiger partial charge in [0.05, 0.1) is 18.6 Å². The summed E-state index contributed by atoms with van der Waals surface area (Å²) in [5, 5.41) is 15.1. The van der Waals surface area contributed by atoms with Gasteiger partial charge in [-0.1, -0.05) is 35.0 Å². The predicted molar refractivity (Wildman–Crippen MR) is 104 cm³/mol. The molecule has 1 unspecified atom stereocenters. The average molecular weight is 413 g/mol. The molecule has 0 saturated carbocycles. The number of aliphatic imine (C=N–C) groups is 1. The molecule has 0 spiro atoms. The van der Waals surface area contributed by atoms with Crippen molar-refractivity contribution in [3.05, 3.63) is 68.0 Å². The third-order valence-corrected chi connectivity index (χ3v) is 6.27. The van der Waals surface area contributed by atoms with Crippen molar-refractivity contribution >= 4 is 28.2 Å². The highest BCUT2D eigenvalue weighted by Gasteiger charge is 2.30. The number of rotatable bonds is 4. The Morgan fingerprint density at radius 3 is 2.79 bits per heavy atom. The third-order valence-electron chi connectivity index (χ3n) is 5.12. The Bertz CT molecular complexity index is 1140. The number of thiophene rings is 1. The number of fused-ring (bicyclic) bond motifs is 1. The summed E-state index contributed by atoms with van der Waals surface area (Å²) >= 11 is 1.30. The SMILES string of the molecule is COC(=O)c1c(/N=C(\[O-])c2c(=O)o[nH][n+]2C)sc2c1CCC(c1ccccc1)C2. The lowest BCUT2D eigenvalue weighted by Gasteiger charge is -2.22. The summed E-state index contributed by atoms with van der Waals surface area (Å²) in [6.45, 7) is 0. The molecule has 4 rings (SSSR count). The summed E-state index contributed by atoms with van der Waals surface area (Å²) < 4.78 is 10.7. The van der Waals surface area contributed by atoms with Gasteiger partial charge in [0.2, 0.25) is 0 Å². The first-order valence-electron chi connectivity index (χ1n) is 9.11. The van der Waals surface area contributed by atoms with Crippen LogP contribution in [0.15, 0.2) is 44.6 Å². The van der Waals surface area contributed by atoms with E-state index in [1.54, 1.807) is 0 Å². The summed E-state index contributed by atoms with van der Waals surface area (Å²) in [5.74, 6) is -0.963. The molecule has 9 heteroatoms. The van der Waals surface area contributed by atoms with Crippen LogP contribution in [-0.4, -0.2) is 24.2 Å². The Balaban J connectivity index is 1.76. The van der Waals surface area contributed by atoms with Gasteiger partial charge in [-0.15, -0.1) is 11.3 Å². The Morgan fingerprint density at radius 1 is 1.38 bits per heavy atom. The standard InChI is InChI=1S/C20H19N3O5S/c1-23-16(20(26)28-22-23)17(24)21-18-15(19(25)27-2)13-9-8-12(10-14(13)29-18)11-6-4-3-5-7-11/h3-7,12H,8-10H2,1-2H3,(H-,21,22,24,25,26). The van der Waals surface area contributed by atoms with Crippen LogP contribution < -0.4 is 15.4 Å². The van der Waals surface area contributed by atoms with Crippen molar-refractivity contribution in [1.29, 1.82) is 0 Å². The highest BCUT2D eigenvalue weighted by Crippen LogP contribution is 2.44. The second-order valence-corrected chi connectivity index (χ2v) is 7.91. The molecule has 1 aromatic carbocycles. The minimum absolute atomic E-state index is 0.241. The molecule has 1 atom stereocenters. The van der Waals surface area contributed by atoms with Crippen molar-refractivity contribution in [3.63, 3.8) is 0 Å². The van der Waals surface area contributed by atoms with Crippen LogP contribution in [0.3, 0.4) is 0 Å². The molecule has 1 aliphatic rings. The monoisotopic (exact) mass is 413 g/mol. The molecule has 3 aromatic rings. The number of aromatic nitrogens is 2. The fraction of sp³-hybridized carbons (Fsp3) is 0.300. The van der Waals surface area contributed by atoms with E-state index in [0.717, 1.165) is 28.0 Å². The van der Waals surface area contributed by atoms with Crippen molar-refractivity contribution in [2.45, 2.75) is 25.2 Å². The average Bonchev–Trinajstić information content (AvgIpc) is 3.26. The lowest BCUT2D eigenvalue weighted by molar-refractivity contribution is -0.742. The van der Waals surface area contributed by atoms with Crippen molar-refractivity contribution in [1.82, 2.24) is 5.27 Å². The zero-order valence-electron chi connectivity index (χ0n) is 15.9. The van der Waals surface area contributed by atoms with Crippen molar-refractivity contribution in [2.75, 3.05) is 7.11 Å². The van der Waals surface area contributed by atoms with Crippen LogP contribution >= 0.6 is 11.3 Å². The Hall–Kier alpha value is -3.20. The van der Waals surface area contributed by atoms with Crippen LogP contribution in [-0.2, 0) is 24.6 Å². The number of aryl methyl sites for hydroxylation is 1. The van der Waals surface area contributed by atoms with Crippen LogP contribution in [0.5, 0.6) is 0 Å². The fourth-order valence-electron chi connectivity index (χ4n) is 3.69. The van der Waals surface area contributed by atoms with Crippen molar-refractivity contribution < 1.29 is 23.8 Å². The maximum absolute atomic E-state index is 12.6. The molecule has 0 radical (unpaired) electrons. The molecule has 0 bridgehead atoms. The Kier molecular flexibility index (Phi) is 5.06. The molecule has 150 valence electrons. The van der Waals surface area contributed by atoms with E-state index < -0.39 is 17.5 Å². The van der Waals surface area contributed by atoms with E-state index in [1.165, 1.54) is 31.1 Å². The number of aromatic amines is 1. The lowest BCUT2D eigenvalue weighted by atomic mass is 9.83.